The Morgan fingerprint density at radius 3 is 2.62 bits per heavy atom. The van der Waals surface area contributed by atoms with E-state index in [1.54, 1.807) is 38.1 Å². The summed E-state index contributed by atoms with van der Waals surface area (Å²) in [6.45, 7) is 3.40. The second-order valence-electron chi connectivity index (χ2n) is 4.74. The van der Waals surface area contributed by atoms with Gasteiger partial charge in [-0.05, 0) is 31.5 Å². The molecule has 124 valence electrons. The molecule has 1 amide bonds. The van der Waals surface area contributed by atoms with Gasteiger partial charge in [-0.3, -0.25) is 4.79 Å². The molecule has 1 N–H and O–H groups in total. The van der Waals surface area contributed by atoms with Crippen molar-refractivity contribution >= 4 is 28.2 Å². The van der Waals surface area contributed by atoms with E-state index in [0.717, 1.165) is 11.3 Å². The third-order valence-electron chi connectivity index (χ3n) is 3.09. The number of nitrogens with one attached hydrogen (secondary N) is 1. The number of hydrogen-bond acceptors (Lipinski definition) is 6. The first kappa shape index (κ1) is 17.5. The molecule has 0 radical (unpaired) electrons. The van der Waals surface area contributed by atoms with Gasteiger partial charge >= 0.3 is 5.97 Å². The van der Waals surface area contributed by atoms with Crippen molar-refractivity contribution < 1.29 is 19.1 Å². The topological polar surface area (TPSA) is 88.4 Å². The van der Waals surface area contributed by atoms with Gasteiger partial charge in [0.2, 0.25) is 0 Å². The normalized spacial score (nSPS) is 9.88. The summed E-state index contributed by atoms with van der Waals surface area (Å²) in [5.41, 5.74) is 0.761. The lowest BCUT2D eigenvalue weighted by molar-refractivity contribution is -0.118. The zero-order valence-electron chi connectivity index (χ0n) is 13.3. The molecule has 1 heterocycles. The Hall–Kier alpha value is -2.85. The molecule has 0 saturated heterocycles. The highest BCUT2D eigenvalue weighted by molar-refractivity contribution is 7.18. The van der Waals surface area contributed by atoms with Crippen LogP contribution in [0, 0.1) is 18.3 Å². The molecule has 7 heteroatoms. The van der Waals surface area contributed by atoms with E-state index in [-0.39, 0.29) is 18.8 Å². The number of carbonyl (C=O) groups is 2. The van der Waals surface area contributed by atoms with Crippen molar-refractivity contribution in [3.63, 3.8) is 0 Å². The van der Waals surface area contributed by atoms with Crippen LogP contribution in [0.25, 0.3) is 0 Å². The average molecular weight is 344 g/mol. The molecule has 0 saturated carbocycles. The fourth-order valence-corrected chi connectivity index (χ4v) is 3.02. The van der Waals surface area contributed by atoms with Gasteiger partial charge in [0, 0.05) is 0 Å². The van der Waals surface area contributed by atoms with Gasteiger partial charge < -0.3 is 14.8 Å². The van der Waals surface area contributed by atoms with Crippen molar-refractivity contribution in [3.05, 3.63) is 46.3 Å². The van der Waals surface area contributed by atoms with Crippen molar-refractivity contribution in [2.45, 2.75) is 13.8 Å². The lowest BCUT2D eigenvalue weighted by Gasteiger charge is -2.06. The molecule has 0 fully saturated rings. The smallest absolute Gasteiger partial charge is 0.348 e. The summed E-state index contributed by atoms with van der Waals surface area (Å²) >= 11 is 1.02. The van der Waals surface area contributed by atoms with Crippen molar-refractivity contribution in [1.29, 1.82) is 5.26 Å². The van der Waals surface area contributed by atoms with Gasteiger partial charge in [0.1, 0.15) is 21.7 Å². The number of esters is 1. The minimum absolute atomic E-state index is 0.194. The second kappa shape index (κ2) is 8.13. The second-order valence-corrected chi connectivity index (χ2v) is 5.76. The maximum atomic E-state index is 12.0. The summed E-state index contributed by atoms with van der Waals surface area (Å²) in [6.07, 6.45) is 0. The minimum atomic E-state index is -0.502. The van der Waals surface area contributed by atoms with E-state index in [1.807, 2.05) is 12.1 Å². The van der Waals surface area contributed by atoms with Gasteiger partial charge in [-0.25, -0.2) is 4.79 Å². The number of nitrogens with zero attached hydrogens (tertiary/aromatic N) is 1. The highest BCUT2D eigenvalue weighted by Crippen LogP contribution is 2.33. The van der Waals surface area contributed by atoms with E-state index in [4.69, 9.17) is 9.47 Å². The molecule has 2 rings (SSSR count). The highest BCUT2D eigenvalue weighted by atomic mass is 32.1. The monoisotopic (exact) mass is 344 g/mol. The van der Waals surface area contributed by atoms with Crippen LogP contribution in [0.1, 0.15) is 27.7 Å². The van der Waals surface area contributed by atoms with Crippen LogP contribution in [0.3, 0.4) is 0 Å². The minimum Gasteiger partial charge on any atom is -0.484 e. The number of rotatable bonds is 6. The molecule has 2 aromatic rings. The summed E-state index contributed by atoms with van der Waals surface area (Å²) < 4.78 is 10.3. The van der Waals surface area contributed by atoms with Crippen LogP contribution in [0.5, 0.6) is 5.75 Å². The predicted molar refractivity (Wildman–Crippen MR) is 90.3 cm³/mol. The molecular weight excluding hydrogens is 328 g/mol. The molecule has 0 aliphatic carbocycles. The van der Waals surface area contributed by atoms with Crippen molar-refractivity contribution in [1.82, 2.24) is 0 Å². The molecular formula is C17H16N2O4S. The zero-order chi connectivity index (χ0) is 17.5. The number of hydrogen-bond donors (Lipinski definition) is 1. The molecule has 0 bridgehead atoms. The van der Waals surface area contributed by atoms with Crippen molar-refractivity contribution in [3.8, 4) is 11.8 Å². The maximum Gasteiger partial charge on any atom is 0.348 e. The Balaban J connectivity index is 2.08. The van der Waals surface area contributed by atoms with Crippen molar-refractivity contribution in [2.75, 3.05) is 18.5 Å². The maximum absolute atomic E-state index is 12.0. The third kappa shape index (κ3) is 4.12. The Labute approximate surface area is 143 Å². The van der Waals surface area contributed by atoms with Gasteiger partial charge in [-0.2, -0.15) is 5.26 Å². The van der Waals surface area contributed by atoms with Crippen LogP contribution in [-0.4, -0.2) is 25.1 Å². The number of amides is 1. The van der Waals surface area contributed by atoms with Crippen LogP contribution in [0.4, 0.5) is 5.00 Å². The summed E-state index contributed by atoms with van der Waals surface area (Å²) in [6, 6.07) is 10.9. The molecule has 0 spiro atoms. The number of carbonyl (C=O) groups excluding carboxylic acids is 2. The Kier molecular flexibility index (Phi) is 5.93. The zero-order valence-corrected chi connectivity index (χ0v) is 14.1. The van der Waals surface area contributed by atoms with Crippen LogP contribution in [-0.2, 0) is 9.53 Å². The van der Waals surface area contributed by atoms with Crippen LogP contribution < -0.4 is 10.1 Å². The molecule has 24 heavy (non-hydrogen) atoms. The summed E-state index contributed by atoms with van der Waals surface area (Å²) in [5, 5.41) is 12.2. The lowest BCUT2D eigenvalue weighted by atomic mass is 10.2. The van der Waals surface area contributed by atoms with Crippen LogP contribution >= 0.6 is 11.3 Å². The molecule has 0 unspecified atom stereocenters. The molecule has 1 aromatic heterocycles. The Morgan fingerprint density at radius 1 is 1.29 bits per heavy atom. The standard InChI is InChI=1S/C17H16N2O4S/c1-3-22-17(21)15-11(2)13(9-18)16(24-15)19-14(20)10-23-12-7-5-4-6-8-12/h4-8H,3,10H2,1-2H3,(H,19,20). The largest absolute Gasteiger partial charge is 0.484 e. The fourth-order valence-electron chi connectivity index (χ4n) is 1.96. The van der Waals surface area contributed by atoms with Crippen LogP contribution in [0.15, 0.2) is 30.3 Å². The SMILES string of the molecule is CCOC(=O)c1sc(NC(=O)COc2ccccc2)c(C#N)c1C. The Morgan fingerprint density at radius 2 is 2.00 bits per heavy atom. The number of thiophene rings is 1. The van der Waals surface area contributed by atoms with Gasteiger partial charge in [-0.15, -0.1) is 11.3 Å². The number of nitriles is 1. The summed E-state index contributed by atoms with van der Waals surface area (Å²) in [5.74, 6) is -0.340. The van der Waals surface area contributed by atoms with Crippen LogP contribution in [0.2, 0.25) is 0 Å². The highest BCUT2D eigenvalue weighted by Gasteiger charge is 2.22. The summed E-state index contributed by atoms with van der Waals surface area (Å²) in [4.78, 5) is 24.2. The number of anilines is 1. The summed E-state index contributed by atoms with van der Waals surface area (Å²) in [7, 11) is 0. The molecule has 0 aliphatic rings. The first-order valence-corrected chi connectivity index (χ1v) is 8.06. The lowest BCUT2D eigenvalue weighted by Crippen LogP contribution is -2.20. The molecule has 6 nitrogen and oxygen atoms in total. The quantitative estimate of drug-likeness (QED) is 0.813. The van der Waals surface area contributed by atoms with E-state index >= 15 is 0 Å². The van der Waals surface area contributed by atoms with Crippen molar-refractivity contribution in [2.24, 2.45) is 0 Å². The number of benzene rings is 1. The van der Waals surface area contributed by atoms with E-state index in [0.29, 0.717) is 21.2 Å². The average Bonchev–Trinajstić information content (AvgIpc) is 2.89. The van der Waals surface area contributed by atoms with Gasteiger partial charge in [0.25, 0.3) is 5.91 Å². The van der Waals surface area contributed by atoms with Gasteiger partial charge in [-0.1, -0.05) is 18.2 Å². The Bertz CT molecular complexity index is 778. The first-order valence-electron chi connectivity index (χ1n) is 7.25. The fraction of sp³-hybridized carbons (Fsp3) is 0.235. The molecule has 0 aliphatic heterocycles. The van der Waals surface area contributed by atoms with Gasteiger partial charge in [0.15, 0.2) is 6.61 Å². The van der Waals surface area contributed by atoms with E-state index in [2.05, 4.69) is 5.32 Å². The van der Waals surface area contributed by atoms with Gasteiger partial charge in [0.05, 0.1) is 12.2 Å². The molecule has 0 atom stereocenters. The first-order chi connectivity index (χ1) is 11.6. The van der Waals surface area contributed by atoms with E-state index in [1.165, 1.54) is 0 Å². The predicted octanol–water partition coefficient (Wildman–Crippen LogP) is 3.12. The number of para-hydroxylation sites is 1. The van der Waals surface area contributed by atoms with E-state index in [9.17, 15) is 14.9 Å². The number of ether oxygens (including phenoxy) is 2. The molecule has 1 aromatic carbocycles. The van der Waals surface area contributed by atoms with E-state index < -0.39 is 11.9 Å². The third-order valence-corrected chi connectivity index (χ3v) is 4.27.